The fourth-order valence-electron chi connectivity index (χ4n) is 2.31. The summed E-state index contributed by atoms with van der Waals surface area (Å²) in [6.45, 7) is 4.66. The van der Waals surface area contributed by atoms with Crippen molar-refractivity contribution in [3.8, 4) is 0 Å². The van der Waals surface area contributed by atoms with Crippen LogP contribution in [0.2, 0.25) is 0 Å². The van der Waals surface area contributed by atoms with Gasteiger partial charge in [-0.25, -0.2) is 9.97 Å². The number of nitrogens with one attached hydrogen (secondary N) is 2. The van der Waals surface area contributed by atoms with E-state index in [1.165, 1.54) is 0 Å². The Morgan fingerprint density at radius 1 is 1.39 bits per heavy atom. The highest BCUT2D eigenvalue weighted by atomic mass is 79.9. The lowest BCUT2D eigenvalue weighted by molar-refractivity contribution is -0.131. The van der Waals surface area contributed by atoms with Gasteiger partial charge in [0.2, 0.25) is 5.91 Å². The molecule has 2 heterocycles. The number of fused-ring (bicyclic) bond motifs is 1. The first-order valence-corrected chi connectivity index (χ1v) is 7.82. The molecule has 2 aromatic heterocycles. The summed E-state index contributed by atoms with van der Waals surface area (Å²) in [7, 11) is 0. The predicted octanol–water partition coefficient (Wildman–Crippen LogP) is 2.95. The first-order chi connectivity index (χ1) is 10.0. The Hall–Kier alpha value is -0.890. The number of hydrogen-bond donors (Lipinski definition) is 3. The average molecular weight is 427 g/mol. The topological polar surface area (TPSA) is 96.7 Å². The number of H-pyrrole nitrogens is 1. The number of rotatable bonds is 6. The van der Waals surface area contributed by atoms with Crippen molar-refractivity contribution < 1.29 is 4.79 Å². The fraction of sp³-hybridized carbons (Fsp3) is 0.500. The number of aromatic nitrogens is 3. The van der Waals surface area contributed by atoms with Gasteiger partial charge in [0, 0.05) is 17.2 Å². The number of pyridine rings is 1. The minimum absolute atomic E-state index is 0. The number of carbonyl (C=O) groups is 1. The molecule has 0 spiro atoms. The van der Waals surface area contributed by atoms with Crippen molar-refractivity contribution in [1.82, 2.24) is 20.3 Å². The molecule has 0 aliphatic rings. The van der Waals surface area contributed by atoms with Crippen molar-refractivity contribution in [2.24, 2.45) is 11.1 Å². The van der Waals surface area contributed by atoms with Gasteiger partial charge >= 0.3 is 0 Å². The second-order valence-corrected chi connectivity index (χ2v) is 6.00. The summed E-state index contributed by atoms with van der Waals surface area (Å²) in [6.07, 6.45) is 3.14. The molecule has 0 bridgehead atoms. The van der Waals surface area contributed by atoms with Crippen LogP contribution in [0.15, 0.2) is 16.7 Å². The van der Waals surface area contributed by atoms with E-state index in [0.717, 1.165) is 22.8 Å². The van der Waals surface area contributed by atoms with Gasteiger partial charge in [-0.15, -0.1) is 24.8 Å². The Balaban J connectivity index is 0.00000242. The Bertz CT molecular complexity index is 637. The molecule has 23 heavy (non-hydrogen) atoms. The van der Waals surface area contributed by atoms with E-state index in [9.17, 15) is 4.79 Å². The average Bonchev–Trinajstić information content (AvgIpc) is 2.89. The lowest BCUT2D eigenvalue weighted by Gasteiger charge is -2.28. The van der Waals surface area contributed by atoms with Crippen LogP contribution in [0, 0.1) is 5.41 Å². The fourth-order valence-corrected chi connectivity index (χ4v) is 2.64. The summed E-state index contributed by atoms with van der Waals surface area (Å²) in [5, 5.41) is 2.92. The van der Waals surface area contributed by atoms with Gasteiger partial charge < -0.3 is 16.0 Å². The van der Waals surface area contributed by atoms with Gasteiger partial charge in [-0.3, -0.25) is 4.79 Å². The summed E-state index contributed by atoms with van der Waals surface area (Å²) >= 11 is 3.36. The van der Waals surface area contributed by atoms with Gasteiger partial charge in [0.05, 0.1) is 17.5 Å². The largest absolute Gasteiger partial charge is 0.348 e. The monoisotopic (exact) mass is 425 g/mol. The van der Waals surface area contributed by atoms with E-state index < -0.39 is 5.41 Å². The summed E-state index contributed by atoms with van der Waals surface area (Å²) in [5.41, 5.74) is 6.76. The van der Waals surface area contributed by atoms with E-state index in [0.29, 0.717) is 24.6 Å². The molecule has 9 heteroatoms. The van der Waals surface area contributed by atoms with E-state index in [4.69, 9.17) is 5.73 Å². The quantitative estimate of drug-likeness (QED) is 0.661. The number of hydrogen-bond acceptors (Lipinski definition) is 4. The maximum Gasteiger partial charge on any atom is 0.227 e. The van der Waals surface area contributed by atoms with E-state index in [-0.39, 0.29) is 30.7 Å². The highest BCUT2D eigenvalue weighted by molar-refractivity contribution is 9.10. The van der Waals surface area contributed by atoms with Crippen molar-refractivity contribution in [3.05, 3.63) is 22.6 Å². The summed E-state index contributed by atoms with van der Waals surface area (Å²) in [5.74, 6) is 0.659. The third-order valence-corrected chi connectivity index (χ3v) is 4.43. The highest BCUT2D eigenvalue weighted by Crippen LogP contribution is 2.25. The number of nitrogens with zero attached hydrogens (tertiary/aromatic N) is 2. The molecule has 2 rings (SSSR count). The maximum absolute atomic E-state index is 12.3. The predicted molar refractivity (Wildman–Crippen MR) is 100 cm³/mol. The van der Waals surface area contributed by atoms with E-state index >= 15 is 0 Å². The third kappa shape index (κ3) is 4.79. The van der Waals surface area contributed by atoms with Crippen LogP contribution in [-0.2, 0) is 11.3 Å². The Labute approximate surface area is 156 Å². The van der Waals surface area contributed by atoms with Crippen molar-refractivity contribution in [3.63, 3.8) is 0 Å². The van der Waals surface area contributed by atoms with Gasteiger partial charge in [0.1, 0.15) is 5.82 Å². The van der Waals surface area contributed by atoms with Gasteiger partial charge in [-0.05, 0) is 34.8 Å². The van der Waals surface area contributed by atoms with Gasteiger partial charge in [0.15, 0.2) is 5.65 Å². The molecule has 0 aliphatic carbocycles. The summed E-state index contributed by atoms with van der Waals surface area (Å²) in [4.78, 5) is 24.0. The number of aromatic amines is 1. The Morgan fingerprint density at radius 3 is 2.61 bits per heavy atom. The lowest BCUT2D eigenvalue weighted by atomic mass is 9.81. The van der Waals surface area contributed by atoms with Crippen LogP contribution in [-0.4, -0.2) is 27.4 Å². The number of amides is 1. The summed E-state index contributed by atoms with van der Waals surface area (Å²) in [6, 6.07) is 1.91. The van der Waals surface area contributed by atoms with Crippen LogP contribution in [0.5, 0.6) is 0 Å². The highest BCUT2D eigenvalue weighted by Gasteiger charge is 2.33. The molecule has 0 saturated heterocycles. The molecular formula is C14H22BrCl2N5O. The Kier molecular flexibility index (Phi) is 9.05. The normalized spacial score (nSPS) is 10.8. The molecular weight excluding hydrogens is 405 g/mol. The van der Waals surface area contributed by atoms with Crippen LogP contribution in [0.25, 0.3) is 11.2 Å². The second-order valence-electron chi connectivity index (χ2n) is 5.08. The molecule has 130 valence electrons. The third-order valence-electron chi connectivity index (χ3n) is 4.00. The lowest BCUT2D eigenvalue weighted by Crippen LogP contribution is -2.45. The molecule has 1 amide bonds. The zero-order valence-corrected chi connectivity index (χ0v) is 16.3. The van der Waals surface area contributed by atoms with Gasteiger partial charge in [-0.2, -0.15) is 0 Å². The molecule has 0 unspecified atom stereocenters. The molecule has 0 radical (unpaired) electrons. The van der Waals surface area contributed by atoms with Crippen LogP contribution < -0.4 is 11.1 Å². The number of nitrogens with two attached hydrogens (primary N) is 1. The number of imidazole rings is 1. The molecule has 4 N–H and O–H groups in total. The van der Waals surface area contributed by atoms with Gasteiger partial charge in [-0.1, -0.05) is 13.8 Å². The second kappa shape index (κ2) is 9.42. The van der Waals surface area contributed by atoms with Crippen LogP contribution in [0.3, 0.4) is 0 Å². The molecule has 0 aromatic carbocycles. The van der Waals surface area contributed by atoms with E-state index in [2.05, 4.69) is 36.2 Å². The molecule has 0 saturated carbocycles. The smallest absolute Gasteiger partial charge is 0.227 e. The molecule has 0 fully saturated rings. The van der Waals surface area contributed by atoms with Crippen LogP contribution in [0.4, 0.5) is 0 Å². The maximum atomic E-state index is 12.3. The zero-order valence-electron chi connectivity index (χ0n) is 13.1. The van der Waals surface area contributed by atoms with Crippen molar-refractivity contribution in [2.45, 2.75) is 33.2 Å². The van der Waals surface area contributed by atoms with Crippen molar-refractivity contribution in [1.29, 1.82) is 0 Å². The minimum atomic E-state index is -0.493. The molecule has 2 aromatic rings. The molecule has 0 aliphatic heterocycles. The number of halogens is 3. The van der Waals surface area contributed by atoms with E-state index in [1.807, 2.05) is 19.9 Å². The summed E-state index contributed by atoms with van der Waals surface area (Å²) < 4.78 is 0.883. The molecule has 0 atom stereocenters. The Morgan fingerprint density at radius 2 is 2.04 bits per heavy atom. The van der Waals surface area contributed by atoms with Crippen LogP contribution in [0.1, 0.15) is 32.5 Å². The number of carbonyl (C=O) groups excluding carboxylic acids is 1. The first-order valence-electron chi connectivity index (χ1n) is 7.03. The van der Waals surface area contributed by atoms with Crippen molar-refractivity contribution >= 4 is 57.8 Å². The van der Waals surface area contributed by atoms with Crippen molar-refractivity contribution in [2.75, 3.05) is 6.54 Å². The standard InChI is InChI=1S/C14H20BrN5O.2ClH/c1-3-14(4-2,8-16)13(21)18-7-11-19-10-5-9(15)6-17-12(10)20-11;;/h5-6H,3-4,7-8,16H2,1-2H3,(H,18,21)(H,17,19,20);2*1H. The SMILES string of the molecule is CCC(CC)(CN)C(=O)NCc1nc2ncc(Br)cc2[nH]1.Cl.Cl. The van der Waals surface area contributed by atoms with Crippen LogP contribution >= 0.6 is 40.7 Å². The van der Waals surface area contributed by atoms with Gasteiger partial charge in [0.25, 0.3) is 0 Å². The minimum Gasteiger partial charge on any atom is -0.348 e. The molecule has 6 nitrogen and oxygen atoms in total. The first kappa shape index (κ1) is 22.1. The zero-order chi connectivity index (χ0) is 15.5. The van der Waals surface area contributed by atoms with E-state index in [1.54, 1.807) is 6.20 Å².